The first-order valence-corrected chi connectivity index (χ1v) is 7.02. The Kier molecular flexibility index (Phi) is 5.12. The number of benzene rings is 1. The Morgan fingerprint density at radius 3 is 2.55 bits per heavy atom. The van der Waals surface area contributed by atoms with E-state index in [2.05, 4.69) is 10.6 Å². The first-order valence-electron chi connectivity index (χ1n) is 7.02. The minimum atomic E-state index is -0.151. The third-order valence-corrected chi connectivity index (χ3v) is 3.30. The molecule has 20 heavy (non-hydrogen) atoms. The van der Waals surface area contributed by atoms with Gasteiger partial charge >= 0.3 is 0 Å². The number of amides is 2. The molecule has 1 saturated carbocycles. The van der Waals surface area contributed by atoms with Crippen molar-refractivity contribution >= 4 is 11.8 Å². The summed E-state index contributed by atoms with van der Waals surface area (Å²) in [6.07, 6.45) is 2.99. The van der Waals surface area contributed by atoms with Crippen molar-refractivity contribution in [2.24, 2.45) is 5.73 Å². The molecule has 4 N–H and O–H groups in total. The lowest BCUT2D eigenvalue weighted by Gasteiger charge is -2.11. The van der Waals surface area contributed by atoms with Crippen molar-refractivity contribution in [3.63, 3.8) is 0 Å². The molecule has 1 aliphatic rings. The molecule has 5 nitrogen and oxygen atoms in total. The van der Waals surface area contributed by atoms with Crippen molar-refractivity contribution in [1.82, 2.24) is 10.6 Å². The molecule has 0 aliphatic heterocycles. The number of hydrogen-bond donors (Lipinski definition) is 3. The lowest BCUT2D eigenvalue weighted by molar-refractivity contribution is -0.126. The fourth-order valence-corrected chi connectivity index (χ4v) is 1.93. The Bertz CT molecular complexity index is 457. The SMILES string of the molecule is NC(CCC(=O)NCC(=O)NC1CC1)c1ccccc1. The molecule has 0 bridgehead atoms. The smallest absolute Gasteiger partial charge is 0.239 e. The average molecular weight is 275 g/mol. The van der Waals surface area contributed by atoms with Gasteiger partial charge in [-0.15, -0.1) is 0 Å². The second-order valence-corrected chi connectivity index (χ2v) is 5.17. The molecule has 0 radical (unpaired) electrons. The molecule has 1 aromatic rings. The van der Waals surface area contributed by atoms with Crippen LogP contribution in [0.4, 0.5) is 0 Å². The first-order chi connectivity index (χ1) is 9.65. The van der Waals surface area contributed by atoms with Gasteiger partial charge < -0.3 is 16.4 Å². The Balaban J connectivity index is 1.63. The molecule has 5 heteroatoms. The van der Waals surface area contributed by atoms with Crippen molar-refractivity contribution in [2.45, 2.75) is 37.8 Å². The summed E-state index contributed by atoms with van der Waals surface area (Å²) in [4.78, 5) is 23.0. The van der Waals surface area contributed by atoms with E-state index in [-0.39, 0.29) is 24.4 Å². The van der Waals surface area contributed by atoms with E-state index in [9.17, 15) is 9.59 Å². The van der Waals surface area contributed by atoms with Gasteiger partial charge in [0.15, 0.2) is 0 Å². The standard InChI is InChI=1S/C15H21N3O2/c16-13(11-4-2-1-3-5-11)8-9-14(19)17-10-15(20)18-12-6-7-12/h1-5,12-13H,6-10,16H2,(H,17,19)(H,18,20). The minimum Gasteiger partial charge on any atom is -0.352 e. The summed E-state index contributed by atoms with van der Waals surface area (Å²) in [6.45, 7) is 0.0515. The topological polar surface area (TPSA) is 84.2 Å². The maximum Gasteiger partial charge on any atom is 0.239 e. The van der Waals surface area contributed by atoms with E-state index in [1.807, 2.05) is 30.3 Å². The molecule has 2 rings (SSSR count). The lowest BCUT2D eigenvalue weighted by Crippen LogP contribution is -2.37. The summed E-state index contributed by atoms with van der Waals surface area (Å²) in [7, 11) is 0. The fourth-order valence-electron chi connectivity index (χ4n) is 1.93. The summed E-state index contributed by atoms with van der Waals surface area (Å²) in [5.74, 6) is -0.254. The van der Waals surface area contributed by atoms with E-state index >= 15 is 0 Å². The van der Waals surface area contributed by atoms with Gasteiger partial charge in [-0.25, -0.2) is 0 Å². The number of carbonyl (C=O) groups excluding carboxylic acids is 2. The quantitative estimate of drug-likeness (QED) is 0.690. The Hall–Kier alpha value is -1.88. The molecule has 1 aromatic carbocycles. The van der Waals surface area contributed by atoms with E-state index in [4.69, 9.17) is 5.73 Å². The molecule has 1 unspecified atom stereocenters. The monoisotopic (exact) mass is 275 g/mol. The number of nitrogens with one attached hydrogen (secondary N) is 2. The van der Waals surface area contributed by atoms with Crippen molar-refractivity contribution in [2.75, 3.05) is 6.54 Å². The van der Waals surface area contributed by atoms with E-state index in [1.54, 1.807) is 0 Å². The van der Waals surface area contributed by atoms with Gasteiger partial charge in [-0.3, -0.25) is 9.59 Å². The zero-order valence-corrected chi connectivity index (χ0v) is 11.5. The lowest BCUT2D eigenvalue weighted by atomic mass is 10.0. The van der Waals surface area contributed by atoms with Crippen LogP contribution in [0.25, 0.3) is 0 Å². The van der Waals surface area contributed by atoms with Gasteiger partial charge in [-0.2, -0.15) is 0 Å². The summed E-state index contributed by atoms with van der Waals surface area (Å²) in [6, 6.07) is 9.86. The maximum absolute atomic E-state index is 11.6. The van der Waals surface area contributed by atoms with E-state index < -0.39 is 0 Å². The molecule has 1 fully saturated rings. The molecular weight excluding hydrogens is 254 g/mol. The van der Waals surface area contributed by atoms with Gasteiger partial charge in [0.1, 0.15) is 0 Å². The first kappa shape index (κ1) is 14.5. The largest absolute Gasteiger partial charge is 0.352 e. The Morgan fingerprint density at radius 1 is 1.20 bits per heavy atom. The summed E-state index contributed by atoms with van der Waals surface area (Å²) >= 11 is 0. The van der Waals surface area contributed by atoms with Gasteiger partial charge in [-0.05, 0) is 24.8 Å². The van der Waals surface area contributed by atoms with E-state index in [1.165, 1.54) is 0 Å². The molecule has 0 spiro atoms. The van der Waals surface area contributed by atoms with Crippen LogP contribution in [0, 0.1) is 0 Å². The van der Waals surface area contributed by atoms with Gasteiger partial charge in [-0.1, -0.05) is 30.3 Å². The fraction of sp³-hybridized carbons (Fsp3) is 0.467. The number of carbonyl (C=O) groups is 2. The average Bonchev–Trinajstić information content (AvgIpc) is 3.27. The molecule has 1 aliphatic carbocycles. The van der Waals surface area contributed by atoms with Crippen LogP contribution in [0.3, 0.4) is 0 Å². The number of hydrogen-bond acceptors (Lipinski definition) is 3. The van der Waals surface area contributed by atoms with Crippen molar-refractivity contribution in [3.05, 3.63) is 35.9 Å². The zero-order valence-electron chi connectivity index (χ0n) is 11.5. The zero-order chi connectivity index (χ0) is 14.4. The minimum absolute atomic E-state index is 0.0515. The summed E-state index contributed by atoms with van der Waals surface area (Å²) < 4.78 is 0. The van der Waals surface area contributed by atoms with Crippen LogP contribution in [0.15, 0.2) is 30.3 Å². The molecular formula is C15H21N3O2. The van der Waals surface area contributed by atoms with Crippen LogP contribution in [-0.2, 0) is 9.59 Å². The van der Waals surface area contributed by atoms with Gasteiger partial charge in [0.05, 0.1) is 6.54 Å². The van der Waals surface area contributed by atoms with Crippen molar-refractivity contribution < 1.29 is 9.59 Å². The summed E-state index contributed by atoms with van der Waals surface area (Å²) in [5.41, 5.74) is 7.03. The maximum atomic E-state index is 11.6. The predicted octanol–water partition coefficient (Wildman–Crippen LogP) is 0.861. The predicted molar refractivity (Wildman–Crippen MR) is 76.8 cm³/mol. The second-order valence-electron chi connectivity index (χ2n) is 5.17. The summed E-state index contributed by atoms with van der Waals surface area (Å²) in [5, 5.41) is 5.44. The normalized spacial score (nSPS) is 15.4. The number of rotatable bonds is 7. The second kappa shape index (κ2) is 7.05. The third-order valence-electron chi connectivity index (χ3n) is 3.30. The van der Waals surface area contributed by atoms with Crippen LogP contribution in [0.1, 0.15) is 37.3 Å². The third kappa shape index (κ3) is 5.01. The highest BCUT2D eigenvalue weighted by atomic mass is 16.2. The highest BCUT2D eigenvalue weighted by Crippen LogP contribution is 2.18. The highest BCUT2D eigenvalue weighted by Gasteiger charge is 2.23. The van der Waals surface area contributed by atoms with Gasteiger partial charge in [0.2, 0.25) is 11.8 Å². The van der Waals surface area contributed by atoms with E-state index in [0.29, 0.717) is 18.9 Å². The van der Waals surface area contributed by atoms with Crippen LogP contribution in [0.5, 0.6) is 0 Å². The molecule has 1 atom stereocenters. The molecule has 2 amide bonds. The van der Waals surface area contributed by atoms with Crippen LogP contribution in [-0.4, -0.2) is 24.4 Å². The van der Waals surface area contributed by atoms with Crippen LogP contribution < -0.4 is 16.4 Å². The van der Waals surface area contributed by atoms with Gasteiger partial charge in [0, 0.05) is 18.5 Å². The molecule has 0 aromatic heterocycles. The highest BCUT2D eigenvalue weighted by molar-refractivity contribution is 5.84. The van der Waals surface area contributed by atoms with E-state index in [0.717, 1.165) is 18.4 Å². The van der Waals surface area contributed by atoms with Crippen LogP contribution in [0.2, 0.25) is 0 Å². The molecule has 108 valence electrons. The van der Waals surface area contributed by atoms with Crippen LogP contribution >= 0.6 is 0 Å². The molecule has 0 saturated heterocycles. The van der Waals surface area contributed by atoms with Crippen molar-refractivity contribution in [3.8, 4) is 0 Å². The van der Waals surface area contributed by atoms with Gasteiger partial charge in [0.25, 0.3) is 0 Å². The van der Waals surface area contributed by atoms with Crippen molar-refractivity contribution in [1.29, 1.82) is 0 Å². The number of nitrogens with two attached hydrogens (primary N) is 1. The Morgan fingerprint density at radius 2 is 1.90 bits per heavy atom. The molecule has 0 heterocycles. The Labute approximate surface area is 118 Å².